The number of benzene rings is 1. The summed E-state index contributed by atoms with van der Waals surface area (Å²) in [5.41, 5.74) is 5.29. The van der Waals surface area contributed by atoms with E-state index in [-0.39, 0.29) is 11.3 Å². The molecule has 0 radical (unpaired) electrons. The number of nitrogen functional groups attached to an aromatic ring is 1. The maximum atomic E-state index is 12.2. The van der Waals surface area contributed by atoms with Crippen molar-refractivity contribution in [1.29, 1.82) is 5.26 Å². The van der Waals surface area contributed by atoms with Crippen molar-refractivity contribution >= 4 is 15.5 Å². The smallest absolute Gasteiger partial charge is 0.188 e. The number of rotatable bonds is 1. The van der Waals surface area contributed by atoms with Crippen molar-refractivity contribution in [2.24, 2.45) is 0 Å². The van der Waals surface area contributed by atoms with E-state index in [0.717, 1.165) is 0 Å². The van der Waals surface area contributed by atoms with Crippen LogP contribution in [0.4, 0.5) is 5.69 Å². The summed E-state index contributed by atoms with van der Waals surface area (Å²) < 4.78 is 23.4. The molecule has 0 aliphatic rings. The molecule has 0 heterocycles. The number of nitrogens with zero attached hydrogens (tertiary/aromatic N) is 1. The molecule has 92 valence electrons. The van der Waals surface area contributed by atoms with Crippen LogP contribution < -0.4 is 5.73 Å². The average molecular weight is 254 g/mol. The van der Waals surface area contributed by atoms with Gasteiger partial charge in [0, 0.05) is 0 Å². The molecular weight excluding hydrogens is 240 g/mol. The van der Waals surface area contributed by atoms with E-state index in [0.29, 0.717) is 0 Å². The summed E-state index contributed by atoms with van der Waals surface area (Å²) in [6.45, 7) is 4.48. The molecule has 0 saturated heterocycles. The molecule has 0 aliphatic carbocycles. The summed E-state index contributed by atoms with van der Waals surface area (Å²) in [5, 5.41) is 18.6. The zero-order valence-electron chi connectivity index (χ0n) is 9.85. The highest BCUT2D eigenvalue weighted by Gasteiger charge is 2.35. The molecule has 0 aliphatic heterocycles. The van der Waals surface area contributed by atoms with Crippen LogP contribution in [-0.2, 0) is 9.84 Å². The number of nitrogens with two attached hydrogens (primary N) is 1. The number of phenolic OH excluding ortho intramolecular Hbond substituents is 1. The molecule has 0 aromatic heterocycles. The van der Waals surface area contributed by atoms with Gasteiger partial charge in [0.2, 0.25) is 0 Å². The summed E-state index contributed by atoms with van der Waals surface area (Å²) in [6, 6.07) is 4.33. The normalized spacial score (nSPS) is 12.1. The summed E-state index contributed by atoms with van der Waals surface area (Å²) >= 11 is 0. The van der Waals surface area contributed by atoms with Crippen LogP contribution in [-0.4, -0.2) is 18.3 Å². The molecule has 6 heteroatoms. The van der Waals surface area contributed by atoms with Gasteiger partial charge in [0.25, 0.3) is 0 Å². The van der Waals surface area contributed by atoms with Gasteiger partial charge >= 0.3 is 0 Å². The highest BCUT2D eigenvalue weighted by molar-refractivity contribution is 7.93. The van der Waals surface area contributed by atoms with E-state index in [1.54, 1.807) is 6.07 Å². The molecule has 0 bridgehead atoms. The zero-order chi connectivity index (χ0) is 13.4. The predicted molar refractivity (Wildman–Crippen MR) is 64.2 cm³/mol. The standard InChI is InChI=1S/C11H14N2O3S/c1-11(2,3)17(15,16)10-7(6-12)4-5-8(13)9(10)14/h4-5,14H,13H2,1-3H3. The fourth-order valence-corrected chi connectivity index (χ4v) is 2.64. The maximum Gasteiger partial charge on any atom is 0.188 e. The monoisotopic (exact) mass is 254 g/mol. The SMILES string of the molecule is CC(C)(C)S(=O)(=O)c1c(C#N)ccc(N)c1O. The van der Waals surface area contributed by atoms with Crippen molar-refractivity contribution in [2.75, 3.05) is 5.73 Å². The minimum absolute atomic E-state index is 0.0631. The Labute approximate surface area is 100 Å². The van der Waals surface area contributed by atoms with Crippen molar-refractivity contribution in [2.45, 2.75) is 30.4 Å². The fourth-order valence-electron chi connectivity index (χ4n) is 1.25. The van der Waals surface area contributed by atoms with Crippen LogP contribution in [0.5, 0.6) is 5.75 Å². The Morgan fingerprint density at radius 1 is 1.35 bits per heavy atom. The lowest BCUT2D eigenvalue weighted by Gasteiger charge is -2.21. The van der Waals surface area contributed by atoms with Crippen LogP contribution in [0.25, 0.3) is 0 Å². The first kappa shape index (κ1) is 13.3. The van der Waals surface area contributed by atoms with Crippen molar-refractivity contribution in [1.82, 2.24) is 0 Å². The van der Waals surface area contributed by atoms with E-state index in [1.807, 2.05) is 0 Å². The second-order valence-corrected chi connectivity index (χ2v) is 7.25. The van der Waals surface area contributed by atoms with Gasteiger partial charge in [-0.1, -0.05) is 0 Å². The van der Waals surface area contributed by atoms with Gasteiger partial charge in [0.1, 0.15) is 11.0 Å². The summed E-state index contributed by atoms with van der Waals surface area (Å²) in [5.74, 6) is -0.557. The average Bonchev–Trinajstić information content (AvgIpc) is 2.19. The Bertz CT molecular complexity index is 592. The number of anilines is 1. The number of aromatic hydroxyl groups is 1. The largest absolute Gasteiger partial charge is 0.504 e. The van der Waals surface area contributed by atoms with Gasteiger partial charge in [0.15, 0.2) is 15.6 Å². The van der Waals surface area contributed by atoms with Gasteiger partial charge in [-0.2, -0.15) is 5.26 Å². The quantitative estimate of drug-likeness (QED) is 0.582. The number of hydrogen-bond acceptors (Lipinski definition) is 5. The van der Waals surface area contributed by atoms with Gasteiger partial charge < -0.3 is 10.8 Å². The summed E-state index contributed by atoms with van der Waals surface area (Å²) in [4.78, 5) is -0.396. The lowest BCUT2D eigenvalue weighted by Crippen LogP contribution is -2.28. The molecule has 1 aromatic carbocycles. The lowest BCUT2D eigenvalue weighted by atomic mass is 10.2. The van der Waals surface area contributed by atoms with Crippen LogP contribution in [0.3, 0.4) is 0 Å². The number of sulfone groups is 1. The molecule has 1 rings (SSSR count). The number of nitriles is 1. The minimum atomic E-state index is -3.82. The van der Waals surface area contributed by atoms with Gasteiger partial charge in [-0.3, -0.25) is 0 Å². The molecule has 1 aromatic rings. The van der Waals surface area contributed by atoms with Crippen LogP contribution in [0.1, 0.15) is 26.3 Å². The third kappa shape index (κ3) is 2.06. The first-order valence-corrected chi connectivity index (χ1v) is 6.37. The van der Waals surface area contributed by atoms with Gasteiger partial charge in [-0.05, 0) is 32.9 Å². The van der Waals surface area contributed by atoms with Crippen molar-refractivity contribution in [3.05, 3.63) is 17.7 Å². The van der Waals surface area contributed by atoms with E-state index in [4.69, 9.17) is 11.0 Å². The predicted octanol–water partition coefficient (Wildman–Crippen LogP) is 1.42. The summed E-state index contributed by atoms with van der Waals surface area (Å²) in [6.07, 6.45) is 0. The Morgan fingerprint density at radius 3 is 2.29 bits per heavy atom. The van der Waals surface area contributed by atoms with Gasteiger partial charge in [0.05, 0.1) is 16.0 Å². The first-order valence-electron chi connectivity index (χ1n) is 4.89. The fraction of sp³-hybridized carbons (Fsp3) is 0.364. The molecule has 0 unspecified atom stereocenters. The topological polar surface area (TPSA) is 104 Å². The van der Waals surface area contributed by atoms with E-state index >= 15 is 0 Å². The molecule has 17 heavy (non-hydrogen) atoms. The van der Waals surface area contributed by atoms with Gasteiger partial charge in [-0.25, -0.2) is 8.42 Å². The van der Waals surface area contributed by atoms with Crippen molar-refractivity contribution in [3.63, 3.8) is 0 Å². The highest BCUT2D eigenvalue weighted by Crippen LogP contribution is 2.37. The van der Waals surface area contributed by atoms with E-state index in [9.17, 15) is 13.5 Å². The van der Waals surface area contributed by atoms with Crippen LogP contribution in [0, 0.1) is 11.3 Å². The molecule has 0 saturated carbocycles. The minimum Gasteiger partial charge on any atom is -0.504 e. The molecule has 0 atom stereocenters. The molecular formula is C11H14N2O3S. The molecule has 0 fully saturated rings. The lowest BCUT2D eigenvalue weighted by molar-refractivity contribution is 0.458. The second-order valence-electron chi connectivity index (χ2n) is 4.61. The first-order chi connectivity index (χ1) is 7.63. The molecule has 3 N–H and O–H groups in total. The second kappa shape index (κ2) is 3.93. The van der Waals surface area contributed by atoms with Crippen LogP contribution in [0.2, 0.25) is 0 Å². The van der Waals surface area contributed by atoms with Crippen molar-refractivity contribution in [3.8, 4) is 11.8 Å². The Morgan fingerprint density at radius 2 is 1.88 bits per heavy atom. The third-order valence-corrected chi connectivity index (χ3v) is 4.92. The zero-order valence-corrected chi connectivity index (χ0v) is 10.7. The van der Waals surface area contributed by atoms with Crippen molar-refractivity contribution < 1.29 is 13.5 Å². The Kier molecular flexibility index (Phi) is 3.08. The molecule has 5 nitrogen and oxygen atoms in total. The van der Waals surface area contributed by atoms with Gasteiger partial charge in [-0.15, -0.1) is 0 Å². The number of hydrogen-bond donors (Lipinski definition) is 2. The van der Waals surface area contributed by atoms with E-state index in [2.05, 4.69) is 0 Å². The van der Waals surface area contributed by atoms with E-state index < -0.39 is 25.2 Å². The third-order valence-electron chi connectivity index (χ3n) is 2.36. The molecule has 0 amide bonds. The highest BCUT2D eigenvalue weighted by atomic mass is 32.2. The van der Waals surface area contributed by atoms with Crippen LogP contribution >= 0.6 is 0 Å². The Balaban J connectivity index is 3.75. The maximum absolute atomic E-state index is 12.2. The number of phenols is 1. The van der Waals surface area contributed by atoms with Crippen LogP contribution in [0.15, 0.2) is 17.0 Å². The van der Waals surface area contributed by atoms with E-state index in [1.165, 1.54) is 32.9 Å². The molecule has 0 spiro atoms. The summed E-state index contributed by atoms with van der Waals surface area (Å²) in [7, 11) is -3.82. The Hall–Kier alpha value is -1.74.